The summed E-state index contributed by atoms with van der Waals surface area (Å²) in [6.07, 6.45) is 16.7. The maximum atomic E-state index is 5.21. The number of rotatable bonds is 9. The normalized spacial score (nSPS) is 10.1. The Morgan fingerprint density at radius 2 is 1.35 bits per heavy atom. The lowest BCUT2D eigenvalue weighted by Gasteiger charge is -2.02. The zero-order chi connectivity index (χ0) is 12.2. The average Bonchev–Trinajstić information content (AvgIpc) is 2.38. The molecular formula is C17H24. The van der Waals surface area contributed by atoms with E-state index in [-0.39, 0.29) is 0 Å². The van der Waals surface area contributed by atoms with Crippen molar-refractivity contribution in [3.8, 4) is 12.3 Å². The minimum atomic E-state index is 0.952. The third-order valence-corrected chi connectivity index (χ3v) is 3.13. The molecule has 0 saturated carbocycles. The number of hydrogen-bond acceptors (Lipinski definition) is 0. The van der Waals surface area contributed by atoms with E-state index in [1.54, 1.807) is 0 Å². The molecule has 1 rings (SSSR count). The van der Waals surface area contributed by atoms with Crippen molar-refractivity contribution in [2.45, 2.75) is 57.8 Å². The van der Waals surface area contributed by atoms with Gasteiger partial charge in [-0.1, -0.05) is 62.4 Å². The van der Waals surface area contributed by atoms with Crippen LogP contribution in [0.25, 0.3) is 0 Å². The minimum Gasteiger partial charge on any atom is -0.120 e. The second kappa shape index (κ2) is 9.97. The molecule has 0 amide bonds. The molecule has 92 valence electrons. The van der Waals surface area contributed by atoms with Gasteiger partial charge in [0.05, 0.1) is 0 Å². The van der Waals surface area contributed by atoms with Gasteiger partial charge < -0.3 is 0 Å². The monoisotopic (exact) mass is 228 g/mol. The standard InChI is InChI=1S/C17H24/c1-2-3-4-5-6-7-8-9-11-14-17-15-12-10-13-16-17/h1,10,12-13,15-16H,3-9,11,14H2. The van der Waals surface area contributed by atoms with E-state index in [0.29, 0.717) is 0 Å². The van der Waals surface area contributed by atoms with Gasteiger partial charge in [-0.2, -0.15) is 0 Å². The van der Waals surface area contributed by atoms with E-state index in [9.17, 15) is 0 Å². The third kappa shape index (κ3) is 7.64. The molecule has 0 nitrogen and oxygen atoms in total. The van der Waals surface area contributed by atoms with Crippen LogP contribution in [-0.4, -0.2) is 0 Å². The van der Waals surface area contributed by atoms with E-state index in [1.807, 2.05) is 0 Å². The quantitative estimate of drug-likeness (QED) is 0.413. The van der Waals surface area contributed by atoms with E-state index < -0.39 is 0 Å². The molecule has 0 aromatic heterocycles. The first-order valence-corrected chi connectivity index (χ1v) is 6.91. The van der Waals surface area contributed by atoms with Gasteiger partial charge >= 0.3 is 0 Å². The number of benzene rings is 1. The summed E-state index contributed by atoms with van der Waals surface area (Å²) in [6.45, 7) is 0. The number of unbranched alkanes of at least 4 members (excludes halogenated alkanes) is 7. The van der Waals surface area contributed by atoms with Gasteiger partial charge in [0.25, 0.3) is 0 Å². The molecule has 1 aromatic rings. The van der Waals surface area contributed by atoms with Gasteiger partial charge in [-0.05, 0) is 24.8 Å². The van der Waals surface area contributed by atoms with Crippen molar-refractivity contribution in [3.63, 3.8) is 0 Å². The van der Waals surface area contributed by atoms with Gasteiger partial charge in [0.2, 0.25) is 0 Å². The highest BCUT2D eigenvalue weighted by Crippen LogP contribution is 2.10. The lowest BCUT2D eigenvalue weighted by Crippen LogP contribution is -1.85. The SMILES string of the molecule is C#CCCCCCCCCCc1ccccc1. The smallest absolute Gasteiger partial charge is 0.00860 e. The molecule has 17 heavy (non-hydrogen) atoms. The summed E-state index contributed by atoms with van der Waals surface area (Å²) in [5.74, 6) is 2.70. The predicted octanol–water partition coefficient (Wildman–Crippen LogP) is 4.98. The maximum absolute atomic E-state index is 5.21. The van der Waals surface area contributed by atoms with Crippen LogP contribution in [0.15, 0.2) is 30.3 Å². The van der Waals surface area contributed by atoms with Crippen molar-refractivity contribution in [2.75, 3.05) is 0 Å². The summed E-state index contributed by atoms with van der Waals surface area (Å²) in [4.78, 5) is 0. The van der Waals surface area contributed by atoms with Gasteiger partial charge in [0, 0.05) is 6.42 Å². The largest absolute Gasteiger partial charge is 0.120 e. The van der Waals surface area contributed by atoms with Crippen molar-refractivity contribution in [3.05, 3.63) is 35.9 Å². The molecule has 0 heteroatoms. The van der Waals surface area contributed by atoms with Crippen molar-refractivity contribution < 1.29 is 0 Å². The van der Waals surface area contributed by atoms with E-state index in [0.717, 1.165) is 6.42 Å². The summed E-state index contributed by atoms with van der Waals surface area (Å²) in [5, 5.41) is 0. The Kier molecular flexibility index (Phi) is 8.12. The fourth-order valence-corrected chi connectivity index (χ4v) is 2.08. The molecule has 0 heterocycles. The van der Waals surface area contributed by atoms with E-state index in [4.69, 9.17) is 6.42 Å². The summed E-state index contributed by atoms with van der Waals surface area (Å²) in [5.41, 5.74) is 1.47. The van der Waals surface area contributed by atoms with Crippen LogP contribution in [0.2, 0.25) is 0 Å². The molecular weight excluding hydrogens is 204 g/mol. The summed E-state index contributed by atoms with van der Waals surface area (Å²) in [7, 11) is 0. The van der Waals surface area contributed by atoms with E-state index in [1.165, 1.54) is 56.9 Å². The molecule has 0 unspecified atom stereocenters. The van der Waals surface area contributed by atoms with Gasteiger partial charge in [-0.3, -0.25) is 0 Å². The van der Waals surface area contributed by atoms with Crippen molar-refractivity contribution in [1.29, 1.82) is 0 Å². The lowest BCUT2D eigenvalue weighted by atomic mass is 10.0. The maximum Gasteiger partial charge on any atom is 0.00860 e. The Morgan fingerprint density at radius 3 is 2.00 bits per heavy atom. The molecule has 0 radical (unpaired) electrons. The lowest BCUT2D eigenvalue weighted by molar-refractivity contribution is 0.583. The minimum absolute atomic E-state index is 0.952. The fourth-order valence-electron chi connectivity index (χ4n) is 2.08. The molecule has 0 aliphatic heterocycles. The Labute approximate surface area is 106 Å². The molecule has 0 aliphatic rings. The topological polar surface area (TPSA) is 0 Å². The number of terminal acetylenes is 1. The van der Waals surface area contributed by atoms with Crippen LogP contribution in [0.4, 0.5) is 0 Å². The molecule has 1 aromatic carbocycles. The molecule has 0 N–H and O–H groups in total. The highest BCUT2D eigenvalue weighted by atomic mass is 14.0. The third-order valence-electron chi connectivity index (χ3n) is 3.13. The van der Waals surface area contributed by atoms with E-state index in [2.05, 4.69) is 36.3 Å². The first-order chi connectivity index (χ1) is 8.43. The molecule has 0 spiro atoms. The molecule has 0 aliphatic carbocycles. The predicted molar refractivity (Wildman–Crippen MR) is 75.9 cm³/mol. The highest BCUT2D eigenvalue weighted by molar-refractivity contribution is 5.14. The van der Waals surface area contributed by atoms with E-state index >= 15 is 0 Å². The molecule has 0 saturated heterocycles. The van der Waals surface area contributed by atoms with Crippen molar-refractivity contribution in [2.24, 2.45) is 0 Å². The second-order valence-corrected chi connectivity index (χ2v) is 4.66. The van der Waals surface area contributed by atoms with Crippen LogP contribution in [-0.2, 0) is 6.42 Å². The Morgan fingerprint density at radius 1 is 0.765 bits per heavy atom. The number of hydrogen-bond donors (Lipinski definition) is 0. The zero-order valence-electron chi connectivity index (χ0n) is 10.8. The van der Waals surface area contributed by atoms with Gasteiger partial charge in [-0.15, -0.1) is 12.3 Å². The van der Waals surface area contributed by atoms with Crippen molar-refractivity contribution >= 4 is 0 Å². The fraction of sp³-hybridized carbons (Fsp3) is 0.529. The average molecular weight is 228 g/mol. The summed E-state index contributed by atoms with van der Waals surface area (Å²) >= 11 is 0. The van der Waals surface area contributed by atoms with Crippen molar-refractivity contribution in [1.82, 2.24) is 0 Å². The van der Waals surface area contributed by atoms with Crippen LogP contribution in [0.3, 0.4) is 0 Å². The Balaban J connectivity index is 1.87. The molecule has 0 fully saturated rings. The van der Waals surface area contributed by atoms with Gasteiger partial charge in [0.1, 0.15) is 0 Å². The highest BCUT2D eigenvalue weighted by Gasteiger charge is 1.93. The summed E-state index contributed by atoms with van der Waals surface area (Å²) in [6, 6.07) is 10.8. The van der Waals surface area contributed by atoms with Crippen LogP contribution < -0.4 is 0 Å². The van der Waals surface area contributed by atoms with Crippen LogP contribution >= 0.6 is 0 Å². The summed E-state index contributed by atoms with van der Waals surface area (Å²) < 4.78 is 0. The van der Waals surface area contributed by atoms with Crippen LogP contribution in [0, 0.1) is 12.3 Å². The van der Waals surface area contributed by atoms with Crippen LogP contribution in [0.1, 0.15) is 56.9 Å². The van der Waals surface area contributed by atoms with Gasteiger partial charge in [0.15, 0.2) is 0 Å². The molecule has 0 atom stereocenters. The Bertz CT molecular complexity index is 305. The van der Waals surface area contributed by atoms with Gasteiger partial charge in [-0.25, -0.2) is 0 Å². The first kappa shape index (κ1) is 13.8. The number of aryl methyl sites for hydroxylation is 1. The zero-order valence-corrected chi connectivity index (χ0v) is 10.8. The first-order valence-electron chi connectivity index (χ1n) is 6.91. The molecule has 0 bridgehead atoms. The Hall–Kier alpha value is -1.22. The second-order valence-electron chi connectivity index (χ2n) is 4.66. The van der Waals surface area contributed by atoms with Crippen LogP contribution in [0.5, 0.6) is 0 Å².